The van der Waals surface area contributed by atoms with Crippen molar-refractivity contribution in [2.75, 3.05) is 6.54 Å². The SMILES string of the molecule is CC#CC(=O)N1CCCC1/C(C)=N/C(Br)=C(C)/C(N)=N\C=C/C. The molecule has 0 spiro atoms. The molecule has 1 amide bonds. The zero-order valence-electron chi connectivity index (χ0n) is 14.1. The van der Waals surface area contributed by atoms with Gasteiger partial charge in [-0.3, -0.25) is 4.79 Å². The second-order valence-electron chi connectivity index (χ2n) is 5.20. The highest BCUT2D eigenvalue weighted by Gasteiger charge is 2.30. The Morgan fingerprint density at radius 1 is 1.43 bits per heavy atom. The van der Waals surface area contributed by atoms with Gasteiger partial charge in [-0.05, 0) is 62.4 Å². The summed E-state index contributed by atoms with van der Waals surface area (Å²) in [5.74, 6) is 5.52. The monoisotopic (exact) mass is 378 g/mol. The second-order valence-corrected chi connectivity index (χ2v) is 5.95. The Morgan fingerprint density at radius 2 is 2.13 bits per heavy atom. The molecule has 1 saturated heterocycles. The summed E-state index contributed by atoms with van der Waals surface area (Å²) in [4.78, 5) is 22.5. The molecule has 6 heteroatoms. The summed E-state index contributed by atoms with van der Waals surface area (Å²) in [6, 6.07) is -0.0163. The van der Waals surface area contributed by atoms with Gasteiger partial charge in [0.25, 0.3) is 5.91 Å². The highest BCUT2D eigenvalue weighted by Crippen LogP contribution is 2.22. The van der Waals surface area contributed by atoms with Crippen molar-refractivity contribution < 1.29 is 4.79 Å². The van der Waals surface area contributed by atoms with E-state index in [9.17, 15) is 4.79 Å². The van der Waals surface area contributed by atoms with E-state index in [-0.39, 0.29) is 11.9 Å². The summed E-state index contributed by atoms with van der Waals surface area (Å²) in [6.07, 6.45) is 5.30. The number of nitrogens with zero attached hydrogens (tertiary/aromatic N) is 3. The average molecular weight is 379 g/mol. The van der Waals surface area contributed by atoms with Gasteiger partial charge in [0, 0.05) is 24.0 Å². The molecule has 1 rings (SSSR count). The summed E-state index contributed by atoms with van der Waals surface area (Å²) in [5, 5.41) is 0. The average Bonchev–Trinajstić information content (AvgIpc) is 3.01. The van der Waals surface area contributed by atoms with Gasteiger partial charge in [-0.15, -0.1) is 0 Å². The predicted octanol–water partition coefficient (Wildman–Crippen LogP) is 2.98. The lowest BCUT2D eigenvalue weighted by Gasteiger charge is -2.22. The van der Waals surface area contributed by atoms with Gasteiger partial charge in [-0.25, -0.2) is 9.98 Å². The summed E-state index contributed by atoms with van der Waals surface area (Å²) in [5.41, 5.74) is 7.52. The van der Waals surface area contributed by atoms with Crippen LogP contribution in [0.4, 0.5) is 0 Å². The molecule has 1 unspecified atom stereocenters. The molecule has 0 aromatic heterocycles. The molecule has 0 aliphatic carbocycles. The Balaban J connectivity index is 3.01. The molecular formula is C17H23BrN4O. The Hall–Kier alpha value is -1.87. The summed E-state index contributed by atoms with van der Waals surface area (Å²) < 4.78 is 0.627. The van der Waals surface area contributed by atoms with Crippen molar-refractivity contribution in [1.29, 1.82) is 0 Å². The van der Waals surface area contributed by atoms with Crippen LogP contribution in [-0.4, -0.2) is 34.9 Å². The number of carbonyl (C=O) groups is 1. The molecule has 0 radical (unpaired) electrons. The van der Waals surface area contributed by atoms with Gasteiger partial charge in [0.15, 0.2) is 0 Å². The fourth-order valence-corrected chi connectivity index (χ4v) is 2.78. The quantitative estimate of drug-likeness (QED) is 0.353. The molecule has 2 N–H and O–H groups in total. The van der Waals surface area contributed by atoms with Crippen LogP contribution < -0.4 is 5.73 Å². The van der Waals surface area contributed by atoms with E-state index in [1.807, 2.05) is 20.8 Å². The third kappa shape index (κ3) is 5.36. The van der Waals surface area contributed by atoms with Crippen LogP contribution in [0.2, 0.25) is 0 Å². The van der Waals surface area contributed by atoms with Crippen LogP contribution in [0.3, 0.4) is 0 Å². The molecule has 5 nitrogen and oxygen atoms in total. The zero-order chi connectivity index (χ0) is 17.4. The van der Waals surface area contributed by atoms with E-state index in [4.69, 9.17) is 5.73 Å². The molecule has 23 heavy (non-hydrogen) atoms. The fourth-order valence-electron chi connectivity index (χ4n) is 2.29. The lowest BCUT2D eigenvalue weighted by atomic mass is 10.1. The first-order valence-corrected chi connectivity index (χ1v) is 8.31. The van der Waals surface area contributed by atoms with Crippen LogP contribution >= 0.6 is 15.9 Å². The number of nitrogens with two attached hydrogens (primary N) is 1. The molecule has 1 aliphatic heterocycles. The highest BCUT2D eigenvalue weighted by molar-refractivity contribution is 9.11. The van der Waals surface area contributed by atoms with E-state index in [1.54, 1.807) is 24.1 Å². The van der Waals surface area contributed by atoms with Gasteiger partial charge >= 0.3 is 0 Å². The maximum atomic E-state index is 12.0. The van der Waals surface area contributed by atoms with E-state index in [2.05, 4.69) is 37.8 Å². The normalized spacial score (nSPS) is 20.4. The molecule has 0 saturated carbocycles. The third-order valence-corrected chi connectivity index (χ3v) is 4.33. The van der Waals surface area contributed by atoms with Gasteiger partial charge in [0.1, 0.15) is 10.4 Å². The van der Waals surface area contributed by atoms with Crippen LogP contribution in [0.1, 0.15) is 40.5 Å². The number of hydrogen-bond donors (Lipinski definition) is 1. The molecule has 0 aromatic rings. The van der Waals surface area contributed by atoms with E-state index >= 15 is 0 Å². The van der Waals surface area contributed by atoms with Crippen LogP contribution in [0.5, 0.6) is 0 Å². The summed E-state index contributed by atoms with van der Waals surface area (Å²) >= 11 is 3.45. The largest absolute Gasteiger partial charge is 0.383 e. The van der Waals surface area contributed by atoms with E-state index in [0.29, 0.717) is 10.4 Å². The van der Waals surface area contributed by atoms with E-state index < -0.39 is 0 Å². The number of allylic oxidation sites excluding steroid dienone is 1. The molecule has 1 atom stereocenters. The number of aliphatic imine (C=N–C) groups is 2. The third-order valence-electron chi connectivity index (χ3n) is 3.56. The zero-order valence-corrected chi connectivity index (χ0v) is 15.6. The predicted molar refractivity (Wildman–Crippen MR) is 99.4 cm³/mol. The van der Waals surface area contributed by atoms with Gasteiger partial charge in [-0.2, -0.15) is 0 Å². The van der Waals surface area contributed by atoms with Crippen molar-refractivity contribution in [2.24, 2.45) is 15.7 Å². The van der Waals surface area contributed by atoms with Crippen LogP contribution in [0.25, 0.3) is 0 Å². The Labute approximate surface area is 146 Å². The number of carbonyl (C=O) groups excluding carboxylic acids is 1. The van der Waals surface area contributed by atoms with Gasteiger partial charge < -0.3 is 10.6 Å². The lowest BCUT2D eigenvalue weighted by Crippen LogP contribution is -2.39. The number of amidine groups is 1. The van der Waals surface area contributed by atoms with Crippen molar-refractivity contribution in [3.8, 4) is 11.8 Å². The number of rotatable bonds is 4. The maximum Gasteiger partial charge on any atom is 0.299 e. The first-order chi connectivity index (χ1) is 10.9. The summed E-state index contributed by atoms with van der Waals surface area (Å²) in [6.45, 7) is 8.03. The molecule has 124 valence electrons. The Bertz CT molecular complexity index is 635. The fraction of sp³-hybridized carbons (Fsp3) is 0.471. The molecule has 1 aliphatic rings. The number of amides is 1. The Kier molecular flexibility index (Phi) is 7.76. The minimum absolute atomic E-state index is 0.0163. The van der Waals surface area contributed by atoms with Crippen LogP contribution in [-0.2, 0) is 4.79 Å². The first-order valence-electron chi connectivity index (χ1n) is 7.52. The molecule has 1 fully saturated rings. The number of likely N-dealkylation sites (tertiary alicyclic amines) is 1. The van der Waals surface area contributed by atoms with Crippen LogP contribution in [0.15, 0.2) is 32.4 Å². The van der Waals surface area contributed by atoms with Crippen molar-refractivity contribution >= 4 is 33.4 Å². The van der Waals surface area contributed by atoms with E-state index in [1.165, 1.54) is 0 Å². The van der Waals surface area contributed by atoms with E-state index in [0.717, 1.165) is 30.7 Å². The maximum absolute atomic E-state index is 12.0. The number of halogens is 1. The lowest BCUT2D eigenvalue weighted by molar-refractivity contribution is -0.124. The molecular weight excluding hydrogens is 356 g/mol. The smallest absolute Gasteiger partial charge is 0.299 e. The van der Waals surface area contributed by atoms with Crippen molar-refractivity contribution in [3.63, 3.8) is 0 Å². The standard InChI is InChI=1S/C17H23BrN4O/c1-5-8-15(23)22-11-7-9-14(22)13(4)21-16(18)12(3)17(19)20-10-6-2/h6,10,14H,7,9,11H2,1-4H3,(H2,19,20)/b10-6-,16-12+,21-13+. The first kappa shape index (κ1) is 19.2. The number of hydrogen-bond acceptors (Lipinski definition) is 3. The Morgan fingerprint density at radius 3 is 2.74 bits per heavy atom. The van der Waals surface area contributed by atoms with Crippen molar-refractivity contribution in [1.82, 2.24) is 4.90 Å². The minimum Gasteiger partial charge on any atom is -0.383 e. The molecule has 0 aromatic carbocycles. The van der Waals surface area contributed by atoms with Crippen LogP contribution in [0, 0.1) is 11.8 Å². The van der Waals surface area contributed by atoms with Gasteiger partial charge in [0.2, 0.25) is 0 Å². The van der Waals surface area contributed by atoms with Gasteiger partial charge in [-0.1, -0.05) is 12.0 Å². The molecule has 0 bridgehead atoms. The van der Waals surface area contributed by atoms with Gasteiger partial charge in [0.05, 0.1) is 6.04 Å². The van der Waals surface area contributed by atoms with Crippen molar-refractivity contribution in [2.45, 2.75) is 46.6 Å². The summed E-state index contributed by atoms with van der Waals surface area (Å²) in [7, 11) is 0. The molecule has 1 heterocycles. The topological polar surface area (TPSA) is 71.0 Å². The minimum atomic E-state index is -0.143. The highest BCUT2D eigenvalue weighted by atomic mass is 79.9. The van der Waals surface area contributed by atoms with Crippen molar-refractivity contribution in [3.05, 3.63) is 22.5 Å². The second kappa shape index (κ2) is 9.31.